The van der Waals surface area contributed by atoms with Gasteiger partial charge in [0.05, 0.1) is 49.3 Å². The molecule has 7 unspecified atom stereocenters. The SMILES string of the molecule is CO[C@H]1C[C@H](OC2/C(C)=C\CC3CC(C[C@]4(C=C[C@H](C)C(C5CCCCC5)O4)O3)OC(=O)C3C=C(C)[C@@H](O)C4OC/C(=C/C=C/[C@@H]2C)[C@]34O)O[C@@H](C)C1O[C@H]1C[C@H](OC)[C@@H](O)[C@H](C)O1. The van der Waals surface area contributed by atoms with Gasteiger partial charge in [0.1, 0.15) is 42.0 Å². The first-order valence-electron chi connectivity index (χ1n) is 24.0. The van der Waals surface area contributed by atoms with Crippen LogP contribution in [0.5, 0.6) is 0 Å². The predicted molar refractivity (Wildman–Crippen MR) is 234 cm³/mol. The number of rotatable bonds is 7. The molecule has 3 N–H and O–H groups in total. The number of methoxy groups -OCH3 is 2. The molecule has 19 atom stereocenters. The Labute approximate surface area is 379 Å². The highest BCUT2D eigenvalue weighted by atomic mass is 16.7. The zero-order valence-electron chi connectivity index (χ0n) is 39.0. The number of hydrogen-bond donors (Lipinski definition) is 3. The van der Waals surface area contributed by atoms with Crippen molar-refractivity contribution in [3.8, 4) is 0 Å². The number of ether oxygens (including phenoxy) is 10. The lowest BCUT2D eigenvalue weighted by Crippen LogP contribution is -2.58. The molecule has 6 aliphatic heterocycles. The molecule has 1 saturated carbocycles. The quantitative estimate of drug-likeness (QED) is 0.204. The second kappa shape index (κ2) is 20.1. The summed E-state index contributed by atoms with van der Waals surface area (Å²) in [6.45, 7) is 11.9. The lowest BCUT2D eigenvalue weighted by molar-refractivity contribution is -0.318. The topological polar surface area (TPSA) is 170 Å². The summed E-state index contributed by atoms with van der Waals surface area (Å²) in [7, 11) is 3.23. The Morgan fingerprint density at radius 2 is 1.53 bits per heavy atom. The molecule has 0 aromatic carbocycles. The average Bonchev–Trinajstić information content (AvgIpc) is 3.62. The van der Waals surface area contributed by atoms with E-state index in [1.165, 1.54) is 19.3 Å². The number of esters is 1. The van der Waals surface area contributed by atoms with E-state index in [1.807, 2.05) is 25.2 Å². The zero-order chi connectivity index (χ0) is 45.5. The standard InChI is InChI=1S/C50H74O14/c1-27-13-12-16-34-26-57-47-42(51)30(4)21-37(50(34,47)54)48(53)60-36-22-35(63-49(25-36)20-19-29(3)45(64-49)33-14-10-9-11-15-33)18-17-28(2)44(27)61-41-24-39(56-8)46(32(6)59-41)62-40-23-38(55-7)43(52)31(5)58-40/h12-13,16-17,19-21,27,29,31-33,35-47,51-52,54H,9-11,14-15,18,22-26H2,1-8H3/b13-12+,28-17-,34-16-/t27-,29-,31-,32-,35?,36?,37?,38-,39-,40-,41-,42+,43-,44?,45?,46?,47?,49+,50-/m0/s1. The van der Waals surface area contributed by atoms with Gasteiger partial charge >= 0.3 is 5.97 Å². The number of carbonyl (C=O) groups excluding carboxylic acids is 1. The van der Waals surface area contributed by atoms with Crippen molar-refractivity contribution in [1.82, 2.24) is 0 Å². The van der Waals surface area contributed by atoms with Crippen LogP contribution >= 0.6 is 0 Å². The fraction of sp³-hybridized carbons (Fsp3) is 0.780. The highest BCUT2D eigenvalue weighted by Gasteiger charge is 2.60. The Morgan fingerprint density at radius 3 is 2.28 bits per heavy atom. The Balaban J connectivity index is 1.08. The maximum absolute atomic E-state index is 14.4. The third-order valence-corrected chi connectivity index (χ3v) is 15.4. The predicted octanol–water partition coefficient (Wildman–Crippen LogP) is 5.91. The van der Waals surface area contributed by atoms with Gasteiger partial charge in [0.25, 0.3) is 0 Å². The molecule has 1 spiro atoms. The summed E-state index contributed by atoms with van der Waals surface area (Å²) in [6, 6.07) is 0. The van der Waals surface area contributed by atoms with Crippen LogP contribution in [0.2, 0.25) is 0 Å². The molecular weight excluding hydrogens is 825 g/mol. The van der Waals surface area contributed by atoms with Gasteiger partial charge in [0, 0.05) is 51.7 Å². The molecule has 2 aliphatic carbocycles. The van der Waals surface area contributed by atoms with Gasteiger partial charge in [-0.05, 0) is 75.7 Å². The van der Waals surface area contributed by atoms with Crippen molar-refractivity contribution in [2.45, 2.75) is 203 Å². The molecule has 0 aromatic heterocycles. The first-order chi connectivity index (χ1) is 30.6. The molecule has 5 fully saturated rings. The van der Waals surface area contributed by atoms with Crippen LogP contribution in [0.3, 0.4) is 0 Å². The van der Waals surface area contributed by atoms with Crippen molar-refractivity contribution >= 4 is 5.97 Å². The van der Waals surface area contributed by atoms with Gasteiger partial charge in [-0.2, -0.15) is 0 Å². The molecule has 0 radical (unpaired) electrons. The van der Waals surface area contributed by atoms with Gasteiger partial charge in [-0.3, -0.25) is 4.79 Å². The lowest BCUT2D eigenvalue weighted by atomic mass is 9.71. The fourth-order valence-corrected chi connectivity index (χ4v) is 11.7. The molecule has 2 bridgehead atoms. The molecule has 0 amide bonds. The summed E-state index contributed by atoms with van der Waals surface area (Å²) in [5.41, 5.74) is 0.166. The summed E-state index contributed by atoms with van der Waals surface area (Å²) >= 11 is 0. The third kappa shape index (κ3) is 9.82. The summed E-state index contributed by atoms with van der Waals surface area (Å²) in [4.78, 5) is 14.4. The Kier molecular flexibility index (Phi) is 15.1. The van der Waals surface area contributed by atoms with E-state index in [1.54, 1.807) is 40.2 Å². The molecule has 8 rings (SSSR count). The van der Waals surface area contributed by atoms with Gasteiger partial charge in [-0.1, -0.05) is 69.6 Å². The number of hydrogen-bond acceptors (Lipinski definition) is 14. The molecule has 14 nitrogen and oxygen atoms in total. The van der Waals surface area contributed by atoms with Crippen LogP contribution in [0, 0.1) is 23.7 Å². The molecule has 14 heteroatoms. The monoisotopic (exact) mass is 899 g/mol. The van der Waals surface area contributed by atoms with Gasteiger partial charge in [0.15, 0.2) is 18.4 Å². The van der Waals surface area contributed by atoms with Crippen molar-refractivity contribution in [1.29, 1.82) is 0 Å². The summed E-state index contributed by atoms with van der Waals surface area (Å²) < 4.78 is 64.1. The molecule has 6 heterocycles. The van der Waals surface area contributed by atoms with Gasteiger partial charge in [0.2, 0.25) is 0 Å². The highest BCUT2D eigenvalue weighted by Crippen LogP contribution is 2.48. The molecule has 64 heavy (non-hydrogen) atoms. The van der Waals surface area contributed by atoms with Crippen molar-refractivity contribution in [2.75, 3.05) is 20.8 Å². The van der Waals surface area contributed by atoms with Crippen molar-refractivity contribution in [2.24, 2.45) is 23.7 Å². The van der Waals surface area contributed by atoms with Crippen LogP contribution in [-0.2, 0) is 52.2 Å². The van der Waals surface area contributed by atoms with E-state index >= 15 is 0 Å². The molecule has 0 aromatic rings. The number of aliphatic hydroxyl groups is 3. The average molecular weight is 899 g/mol. The van der Waals surface area contributed by atoms with Crippen LogP contribution in [0.25, 0.3) is 0 Å². The molecular formula is C50H74O14. The summed E-state index contributed by atoms with van der Waals surface area (Å²) in [5.74, 6) is -2.32. The molecule has 8 aliphatic rings. The maximum atomic E-state index is 14.4. The van der Waals surface area contributed by atoms with E-state index in [-0.39, 0.29) is 36.8 Å². The first kappa shape index (κ1) is 48.2. The minimum absolute atomic E-state index is 0.0242. The Bertz CT molecular complexity index is 1790. The van der Waals surface area contributed by atoms with E-state index in [9.17, 15) is 20.1 Å². The minimum Gasteiger partial charge on any atom is -0.462 e. The summed E-state index contributed by atoms with van der Waals surface area (Å²) in [5, 5.41) is 34.3. The van der Waals surface area contributed by atoms with E-state index in [4.69, 9.17) is 47.4 Å². The van der Waals surface area contributed by atoms with E-state index in [2.05, 4.69) is 32.9 Å². The minimum atomic E-state index is -1.83. The first-order valence-corrected chi connectivity index (χ1v) is 24.0. The van der Waals surface area contributed by atoms with Crippen molar-refractivity contribution < 1.29 is 67.5 Å². The smallest absolute Gasteiger partial charge is 0.316 e. The van der Waals surface area contributed by atoms with E-state index < -0.39 is 90.8 Å². The highest BCUT2D eigenvalue weighted by molar-refractivity contribution is 5.78. The van der Waals surface area contributed by atoms with E-state index in [0.29, 0.717) is 49.2 Å². The van der Waals surface area contributed by atoms with Crippen molar-refractivity contribution in [3.63, 3.8) is 0 Å². The third-order valence-electron chi connectivity index (χ3n) is 15.4. The largest absolute Gasteiger partial charge is 0.462 e. The second-order valence-corrected chi connectivity index (χ2v) is 20.0. The van der Waals surface area contributed by atoms with Crippen molar-refractivity contribution in [3.05, 3.63) is 59.3 Å². The summed E-state index contributed by atoms with van der Waals surface area (Å²) in [6.07, 6.45) is 13.8. The zero-order valence-corrected chi connectivity index (χ0v) is 39.0. The van der Waals surface area contributed by atoms with Gasteiger partial charge in [-0.25, -0.2) is 0 Å². The normalized spacial score (nSPS) is 49.2. The van der Waals surface area contributed by atoms with Crippen LogP contribution in [0.1, 0.15) is 106 Å². The van der Waals surface area contributed by atoms with E-state index in [0.717, 1.165) is 18.4 Å². The fourth-order valence-electron chi connectivity index (χ4n) is 11.7. The Hall–Kier alpha value is -2.31. The van der Waals surface area contributed by atoms with Gasteiger partial charge in [-0.15, -0.1) is 0 Å². The molecule has 4 saturated heterocycles. The second-order valence-electron chi connectivity index (χ2n) is 20.0. The van der Waals surface area contributed by atoms with Crippen LogP contribution in [0.4, 0.5) is 0 Å². The molecule has 358 valence electrons. The maximum Gasteiger partial charge on any atom is 0.316 e. The lowest BCUT2D eigenvalue weighted by Gasteiger charge is -2.49. The van der Waals surface area contributed by atoms with Crippen LogP contribution in [-0.4, -0.2) is 139 Å². The Morgan fingerprint density at radius 1 is 0.812 bits per heavy atom. The number of carbonyl (C=O) groups is 1. The van der Waals surface area contributed by atoms with Crippen LogP contribution < -0.4 is 0 Å². The van der Waals surface area contributed by atoms with Gasteiger partial charge < -0.3 is 62.7 Å². The number of allylic oxidation sites excluding steroid dienone is 2. The van der Waals surface area contributed by atoms with Crippen LogP contribution in [0.15, 0.2) is 59.3 Å². The number of fused-ring (bicyclic) bond motifs is 2. The number of aliphatic hydroxyl groups excluding tert-OH is 2.